The lowest BCUT2D eigenvalue weighted by Crippen LogP contribution is -2.64. The minimum Gasteiger partial charge on any atom is -0.388 e. The highest BCUT2D eigenvalue weighted by molar-refractivity contribution is 7.61. The summed E-state index contributed by atoms with van der Waals surface area (Å²) >= 11 is 0. The van der Waals surface area contributed by atoms with E-state index in [1.807, 2.05) is 4.98 Å². The first-order valence-corrected chi connectivity index (χ1v) is 14.4. The van der Waals surface area contributed by atoms with Crippen molar-refractivity contribution in [2.24, 2.45) is 5.11 Å². The minimum atomic E-state index is -5.66. The molecule has 9 unspecified atom stereocenters. The molecule has 8 N–H and O–H groups in total. The Morgan fingerprint density at radius 1 is 1.12 bits per heavy atom. The number of aromatic nitrogens is 2. The van der Waals surface area contributed by atoms with Crippen LogP contribution >= 0.6 is 15.6 Å². The van der Waals surface area contributed by atoms with Crippen LogP contribution in [-0.2, 0) is 36.8 Å². The Kier molecular flexibility index (Phi) is 10.6. The predicted molar refractivity (Wildman–Crippen MR) is 127 cm³/mol. The third-order valence-corrected chi connectivity index (χ3v) is 8.30. The van der Waals surface area contributed by atoms with Gasteiger partial charge in [0.05, 0.1) is 19.3 Å². The van der Waals surface area contributed by atoms with Gasteiger partial charge < -0.3 is 45.0 Å². The Morgan fingerprint density at radius 3 is 2.39 bits per heavy atom. The fourth-order valence-electron chi connectivity index (χ4n) is 3.87. The average molecular weight is 632 g/mol. The number of amides is 1. The summed E-state index contributed by atoms with van der Waals surface area (Å²) in [7, 11) is -11.2. The molecule has 0 saturated carbocycles. The van der Waals surface area contributed by atoms with Crippen LogP contribution in [0.4, 0.5) is 0 Å². The number of azide groups is 1. The number of carbonyl (C=O) groups is 1. The first kappa shape index (κ1) is 33.0. The monoisotopic (exact) mass is 632 g/mol. The number of nitrogens with zero attached hydrogens (tertiary/aromatic N) is 4. The van der Waals surface area contributed by atoms with E-state index in [1.54, 1.807) is 0 Å². The number of aromatic amines is 1. The number of hydrogen-bond acceptors (Lipinski definition) is 15. The number of nitrogens with one attached hydrogen (secondary N) is 2. The predicted octanol–water partition coefficient (Wildman–Crippen LogP) is -3.33. The van der Waals surface area contributed by atoms with Crippen molar-refractivity contribution in [2.75, 3.05) is 13.2 Å². The van der Waals surface area contributed by atoms with E-state index in [-0.39, 0.29) is 0 Å². The van der Waals surface area contributed by atoms with E-state index in [1.165, 1.54) is 0 Å². The Hall–Kier alpha value is -2.52. The summed E-state index contributed by atoms with van der Waals surface area (Å²) in [5.74, 6) is -0.809. The molecule has 2 aliphatic heterocycles. The van der Waals surface area contributed by atoms with E-state index in [4.69, 9.17) is 19.5 Å². The van der Waals surface area contributed by atoms with Crippen LogP contribution in [0.3, 0.4) is 0 Å². The first-order valence-electron chi connectivity index (χ1n) is 11.4. The van der Waals surface area contributed by atoms with Crippen molar-refractivity contribution >= 4 is 21.6 Å². The molecule has 1 amide bonds. The Labute approximate surface area is 227 Å². The second kappa shape index (κ2) is 13.2. The van der Waals surface area contributed by atoms with Crippen LogP contribution in [0.25, 0.3) is 10.4 Å². The normalized spacial score (nSPS) is 34.7. The number of phosphoric acid groups is 2. The summed E-state index contributed by atoms with van der Waals surface area (Å²) in [5, 5.41) is 46.2. The highest BCUT2D eigenvalue weighted by atomic mass is 31.3. The Balaban J connectivity index is 1.68. The fraction of sp³-hybridized carbons (Fsp3) is 0.706. The molecule has 22 nitrogen and oxygen atoms in total. The van der Waals surface area contributed by atoms with E-state index in [9.17, 15) is 53.7 Å². The number of carbonyl (C=O) groups excluding carboxylic acids is 1. The zero-order valence-electron chi connectivity index (χ0n) is 20.7. The lowest BCUT2D eigenvalue weighted by atomic mass is 9.97. The number of rotatable bonds is 11. The highest BCUT2D eigenvalue weighted by Gasteiger charge is 2.50. The van der Waals surface area contributed by atoms with Crippen molar-refractivity contribution in [3.8, 4) is 0 Å². The molecule has 230 valence electrons. The summed E-state index contributed by atoms with van der Waals surface area (Å²) in [6.45, 7) is -0.656. The lowest BCUT2D eigenvalue weighted by Gasteiger charge is -2.42. The zero-order valence-corrected chi connectivity index (χ0v) is 22.5. The molecular weight excluding hydrogens is 606 g/mol. The number of ether oxygens (including phenoxy) is 2. The van der Waals surface area contributed by atoms with E-state index < -0.39 is 101 Å². The van der Waals surface area contributed by atoms with E-state index >= 15 is 0 Å². The van der Waals surface area contributed by atoms with Crippen molar-refractivity contribution in [3.63, 3.8) is 0 Å². The number of aliphatic hydroxyl groups excluding tert-OH is 4. The second-order valence-electron chi connectivity index (χ2n) is 8.65. The molecule has 0 bridgehead atoms. The van der Waals surface area contributed by atoms with Crippen LogP contribution in [0.5, 0.6) is 0 Å². The number of phosphoric ester groups is 2. The summed E-state index contributed by atoms with van der Waals surface area (Å²) in [5.41, 5.74) is 6.72. The van der Waals surface area contributed by atoms with Gasteiger partial charge >= 0.3 is 21.3 Å². The van der Waals surface area contributed by atoms with Crippen LogP contribution in [0.15, 0.2) is 27.0 Å². The molecule has 0 aromatic carbocycles. The van der Waals surface area contributed by atoms with E-state index in [0.717, 1.165) is 23.8 Å². The third-order valence-electron chi connectivity index (χ3n) is 5.70. The fourth-order valence-corrected chi connectivity index (χ4v) is 6.04. The van der Waals surface area contributed by atoms with Gasteiger partial charge in [-0.15, -0.1) is 0 Å². The van der Waals surface area contributed by atoms with Crippen LogP contribution in [0.2, 0.25) is 0 Å². The summed E-state index contributed by atoms with van der Waals surface area (Å²) in [4.78, 5) is 59.1. The summed E-state index contributed by atoms with van der Waals surface area (Å²) in [6.07, 6.45) is -13.1. The maximum atomic E-state index is 12.5. The third kappa shape index (κ3) is 8.28. The quantitative estimate of drug-likeness (QED) is 0.0511. The maximum absolute atomic E-state index is 12.5. The van der Waals surface area contributed by atoms with Crippen molar-refractivity contribution < 1.29 is 67.0 Å². The zero-order chi connectivity index (χ0) is 30.7. The molecule has 3 rings (SSSR count). The maximum Gasteiger partial charge on any atom is 0.483 e. The second-order valence-corrected chi connectivity index (χ2v) is 11.6. The van der Waals surface area contributed by atoms with Crippen molar-refractivity contribution in [2.45, 2.75) is 62.1 Å². The molecule has 24 heteroatoms. The van der Waals surface area contributed by atoms with Crippen LogP contribution < -0.4 is 16.6 Å². The van der Waals surface area contributed by atoms with Gasteiger partial charge in [-0.3, -0.25) is 28.2 Å². The largest absolute Gasteiger partial charge is 0.483 e. The average Bonchev–Trinajstić information content (AvgIpc) is 3.14. The smallest absolute Gasteiger partial charge is 0.388 e. The van der Waals surface area contributed by atoms with Crippen molar-refractivity contribution in [1.82, 2.24) is 14.9 Å². The summed E-state index contributed by atoms with van der Waals surface area (Å²) < 4.78 is 49.6. The molecule has 2 fully saturated rings. The molecule has 0 radical (unpaired) electrons. The van der Waals surface area contributed by atoms with Gasteiger partial charge in [0, 0.05) is 24.1 Å². The molecule has 11 atom stereocenters. The SMILES string of the molecule is CC(=O)NC1C(OP(=O)(O)OP(=O)(O)OC[C@H]2O[C@@H](n3ccc(=O)[nH]c3=O)C(O)C2O)OC(CN=[N+]=[N-])C(O)C1O. The van der Waals surface area contributed by atoms with Crippen LogP contribution in [-0.4, -0.2) is 108 Å². The molecule has 41 heavy (non-hydrogen) atoms. The number of aliphatic hydroxyl groups is 4. The first-order chi connectivity index (χ1) is 19.0. The van der Waals surface area contributed by atoms with Gasteiger partial charge in [0.1, 0.15) is 36.6 Å². The topological polar surface area (TPSA) is 334 Å². The molecule has 1 aromatic heterocycles. The van der Waals surface area contributed by atoms with Gasteiger partial charge in [-0.05, 0) is 5.53 Å². The number of H-pyrrole nitrogens is 1. The van der Waals surface area contributed by atoms with Crippen LogP contribution in [0, 0.1) is 0 Å². The van der Waals surface area contributed by atoms with Crippen LogP contribution in [0.1, 0.15) is 13.2 Å². The van der Waals surface area contributed by atoms with Gasteiger partial charge in [0.25, 0.3) is 5.56 Å². The molecule has 2 aliphatic rings. The minimum absolute atomic E-state index is 0.596. The van der Waals surface area contributed by atoms with Crippen molar-refractivity contribution in [1.29, 1.82) is 0 Å². The highest BCUT2D eigenvalue weighted by Crippen LogP contribution is 2.61. The van der Waals surface area contributed by atoms with Gasteiger partial charge in [-0.2, -0.15) is 4.31 Å². The lowest BCUT2D eigenvalue weighted by molar-refractivity contribution is -0.238. The molecule has 2 saturated heterocycles. The molecule has 0 aliphatic carbocycles. The van der Waals surface area contributed by atoms with Gasteiger partial charge in [-0.25, -0.2) is 13.9 Å². The standard InChI is InChI=1S/C17H26N6O16P2/c1-6(24)20-10-13(28)11(26)7(4-19-22-18)37-16(10)38-41(33,34)39-40(31,32)35-5-8-12(27)14(29)15(36-8)23-3-2-9(25)21-17(23)30/h2-3,7-8,10-16,26-29H,4-5H2,1H3,(H,20,24)(H,31,32)(H,33,34)(H,21,25,30)/t7?,8-,10?,11?,12?,13?,14?,15-,16?/m1/s1. The van der Waals surface area contributed by atoms with Crippen molar-refractivity contribution in [3.05, 3.63) is 43.5 Å². The van der Waals surface area contributed by atoms with E-state index in [2.05, 4.69) is 24.2 Å². The molecule has 3 heterocycles. The Morgan fingerprint density at radius 2 is 1.78 bits per heavy atom. The molecule has 1 aromatic rings. The molecule has 0 spiro atoms. The number of hydrogen-bond donors (Lipinski definition) is 8. The summed E-state index contributed by atoms with van der Waals surface area (Å²) in [6, 6.07) is -0.794. The van der Waals surface area contributed by atoms with E-state index in [0.29, 0.717) is 0 Å². The van der Waals surface area contributed by atoms with Gasteiger partial charge in [0.2, 0.25) is 5.91 Å². The Bertz CT molecular complexity index is 1370. The van der Waals surface area contributed by atoms with Gasteiger partial charge in [-0.1, -0.05) is 5.11 Å². The van der Waals surface area contributed by atoms with Gasteiger partial charge in [0.15, 0.2) is 12.5 Å². The molecular formula is C17H26N6O16P2.